The lowest BCUT2D eigenvalue weighted by Crippen LogP contribution is -2.74. The Morgan fingerprint density at radius 3 is 2.20 bits per heavy atom. The number of nitrogens with two attached hydrogens (primary N) is 1. The number of aliphatic hydroxyl groups is 1. The van der Waals surface area contributed by atoms with Crippen LogP contribution in [-0.2, 0) is 31.8 Å². The van der Waals surface area contributed by atoms with E-state index in [4.69, 9.17) is 5.73 Å². The van der Waals surface area contributed by atoms with Crippen molar-refractivity contribution in [2.75, 3.05) is 14.1 Å². The first-order chi connectivity index (χ1) is 18.6. The van der Waals surface area contributed by atoms with E-state index in [9.17, 15) is 47.4 Å². The third-order valence-corrected chi connectivity index (χ3v) is 8.47. The number of carbonyl (C=O) groups is 5. The Labute approximate surface area is 225 Å². The summed E-state index contributed by atoms with van der Waals surface area (Å²) in [7, 11) is 2.96. The molecule has 9 nitrogen and oxygen atoms in total. The van der Waals surface area contributed by atoms with Gasteiger partial charge >= 0.3 is 6.18 Å². The van der Waals surface area contributed by atoms with Gasteiger partial charge in [0, 0.05) is 5.92 Å². The van der Waals surface area contributed by atoms with Gasteiger partial charge in [0.2, 0.25) is 5.91 Å². The van der Waals surface area contributed by atoms with Crippen LogP contribution in [0.2, 0.25) is 0 Å². The molecule has 0 spiro atoms. The number of fused-ring (bicyclic) bond motifs is 3. The summed E-state index contributed by atoms with van der Waals surface area (Å²) >= 11 is 0. The maximum absolute atomic E-state index is 13.8. The molecular formula is C28H25F3N2O7. The summed E-state index contributed by atoms with van der Waals surface area (Å²) in [6, 6.07) is 5.66. The molecule has 0 radical (unpaired) electrons. The first-order valence-corrected chi connectivity index (χ1v) is 12.5. The first kappa shape index (κ1) is 27.7. The number of ketones is 4. The molecule has 4 N–H and O–H groups in total. The fourth-order valence-corrected chi connectivity index (χ4v) is 6.71. The molecule has 0 saturated heterocycles. The van der Waals surface area contributed by atoms with Gasteiger partial charge in [0.1, 0.15) is 5.75 Å². The second kappa shape index (κ2) is 9.07. The number of phenols is 1. The summed E-state index contributed by atoms with van der Waals surface area (Å²) in [4.78, 5) is 67.5. The van der Waals surface area contributed by atoms with Gasteiger partial charge in [0.05, 0.1) is 23.1 Å². The van der Waals surface area contributed by atoms with Crippen molar-refractivity contribution < 1.29 is 47.4 Å². The minimum Gasteiger partial charge on any atom is -0.507 e. The van der Waals surface area contributed by atoms with E-state index in [-0.39, 0.29) is 18.4 Å². The minimum atomic E-state index is -4.55. The summed E-state index contributed by atoms with van der Waals surface area (Å²) in [6.07, 6.45) is -4.69. The summed E-state index contributed by atoms with van der Waals surface area (Å²) in [6.45, 7) is 0. The van der Waals surface area contributed by atoms with Crippen LogP contribution in [0.5, 0.6) is 5.75 Å². The van der Waals surface area contributed by atoms with Crippen molar-refractivity contribution in [2.24, 2.45) is 29.4 Å². The molecule has 0 heterocycles. The number of phenolic OH excluding ortho intramolecular Hbond substituents is 1. The van der Waals surface area contributed by atoms with Gasteiger partial charge in [0.25, 0.3) is 0 Å². The van der Waals surface area contributed by atoms with Gasteiger partial charge in [-0.3, -0.25) is 28.9 Å². The quantitative estimate of drug-likeness (QED) is 0.480. The van der Waals surface area contributed by atoms with Crippen LogP contribution in [0, 0.1) is 23.7 Å². The first-order valence-electron chi connectivity index (χ1n) is 12.5. The molecular weight excluding hydrogens is 533 g/mol. The van der Waals surface area contributed by atoms with Crippen molar-refractivity contribution in [3.63, 3.8) is 0 Å². The van der Waals surface area contributed by atoms with Crippen LogP contribution >= 0.6 is 0 Å². The molecule has 2 saturated carbocycles. The van der Waals surface area contributed by atoms with Gasteiger partial charge in [0.15, 0.2) is 34.7 Å². The number of Topliss-reactive ketones (excluding diaryl/α,β-unsaturated/α-hetero) is 4. The lowest BCUT2D eigenvalue weighted by Gasteiger charge is -2.52. The Morgan fingerprint density at radius 2 is 1.65 bits per heavy atom. The van der Waals surface area contributed by atoms with Crippen molar-refractivity contribution in [3.05, 3.63) is 53.1 Å². The molecule has 1 amide bonds. The third kappa shape index (κ3) is 3.80. The van der Waals surface area contributed by atoms with E-state index < -0.39 is 81.8 Å². The second-order valence-electron chi connectivity index (χ2n) is 10.9. The Balaban J connectivity index is 1.63. The van der Waals surface area contributed by atoms with E-state index in [2.05, 4.69) is 0 Å². The number of primary amides is 1. The van der Waals surface area contributed by atoms with Crippen LogP contribution in [0.4, 0.5) is 13.2 Å². The predicted octanol–water partition coefficient (Wildman–Crippen LogP) is 1.55. The highest BCUT2D eigenvalue weighted by molar-refractivity contribution is 6.32. The predicted molar refractivity (Wildman–Crippen MR) is 132 cm³/mol. The average molecular weight is 559 g/mol. The molecule has 3 aliphatic carbocycles. The van der Waals surface area contributed by atoms with E-state index in [1.54, 1.807) is 0 Å². The lowest BCUT2D eigenvalue weighted by atomic mass is 9.52. The Bertz CT molecular complexity index is 1480. The van der Waals surface area contributed by atoms with E-state index in [0.717, 1.165) is 12.1 Å². The average Bonchev–Trinajstić information content (AvgIpc) is 2.85. The lowest BCUT2D eigenvalue weighted by molar-refractivity contribution is -0.181. The zero-order valence-electron chi connectivity index (χ0n) is 21.4. The fourth-order valence-electron chi connectivity index (χ4n) is 6.71. The second-order valence-corrected chi connectivity index (χ2v) is 10.9. The summed E-state index contributed by atoms with van der Waals surface area (Å²) < 4.78 is 39.3. The molecule has 0 aromatic heterocycles. The highest BCUT2D eigenvalue weighted by Crippen LogP contribution is 2.51. The van der Waals surface area contributed by atoms with Crippen molar-refractivity contribution >= 4 is 29.0 Å². The highest BCUT2D eigenvalue weighted by atomic mass is 19.4. The summed E-state index contributed by atoms with van der Waals surface area (Å²) in [5.74, 6) is -11.8. The number of nitrogens with zero attached hydrogens (tertiary/aromatic N) is 1. The van der Waals surface area contributed by atoms with Gasteiger partial charge < -0.3 is 15.9 Å². The van der Waals surface area contributed by atoms with Gasteiger partial charge in [-0.2, -0.15) is 13.2 Å². The zero-order valence-corrected chi connectivity index (χ0v) is 21.4. The van der Waals surface area contributed by atoms with E-state index >= 15 is 0 Å². The number of rotatable bonds is 3. The molecule has 0 bridgehead atoms. The van der Waals surface area contributed by atoms with Gasteiger partial charge in [-0.15, -0.1) is 0 Å². The Morgan fingerprint density at radius 1 is 1.02 bits per heavy atom. The van der Waals surface area contributed by atoms with Crippen molar-refractivity contribution in [2.45, 2.75) is 30.7 Å². The van der Waals surface area contributed by atoms with Crippen LogP contribution in [0.3, 0.4) is 0 Å². The molecule has 5 rings (SSSR count). The van der Waals surface area contributed by atoms with E-state index in [1.165, 1.54) is 43.3 Å². The highest BCUT2D eigenvalue weighted by Gasteiger charge is 2.69. The topological polar surface area (TPSA) is 155 Å². The van der Waals surface area contributed by atoms with Crippen molar-refractivity contribution in [1.29, 1.82) is 0 Å². The molecule has 3 aliphatic rings. The molecule has 210 valence electrons. The molecule has 6 atom stereocenters. The molecule has 12 heteroatoms. The largest absolute Gasteiger partial charge is 0.507 e. The molecule has 40 heavy (non-hydrogen) atoms. The maximum Gasteiger partial charge on any atom is 0.416 e. The molecule has 0 aliphatic heterocycles. The smallest absolute Gasteiger partial charge is 0.416 e. The van der Waals surface area contributed by atoms with Crippen molar-refractivity contribution in [1.82, 2.24) is 4.90 Å². The van der Waals surface area contributed by atoms with Gasteiger partial charge in [-0.1, -0.05) is 18.2 Å². The normalized spacial score (nSPS) is 30.1. The number of alkyl halides is 3. The number of amides is 1. The Kier molecular flexibility index (Phi) is 6.27. The van der Waals surface area contributed by atoms with Gasteiger partial charge in [-0.05, 0) is 67.7 Å². The van der Waals surface area contributed by atoms with Crippen LogP contribution in [0.25, 0.3) is 11.1 Å². The monoisotopic (exact) mass is 558 g/mol. The molecule has 6 unspecified atom stereocenters. The number of benzene rings is 2. The maximum atomic E-state index is 13.8. The molecule has 2 aromatic carbocycles. The number of carbonyl (C=O) groups excluding carboxylic acids is 5. The Hall–Kier alpha value is -3.90. The fraction of sp³-hybridized carbons (Fsp3) is 0.393. The van der Waals surface area contributed by atoms with Crippen LogP contribution in [0.15, 0.2) is 36.4 Å². The molecule has 2 aromatic rings. The summed E-state index contributed by atoms with van der Waals surface area (Å²) in [5, 5.41) is 22.2. The van der Waals surface area contributed by atoms with Gasteiger partial charge in [-0.25, -0.2) is 0 Å². The number of halogens is 3. The number of likely N-dealkylation sites (N-methyl/N-ethyl adjacent to an activating group) is 1. The van der Waals surface area contributed by atoms with Crippen LogP contribution in [-0.4, -0.2) is 69.9 Å². The van der Waals surface area contributed by atoms with E-state index in [1.807, 2.05) is 0 Å². The van der Waals surface area contributed by atoms with E-state index in [0.29, 0.717) is 16.7 Å². The van der Waals surface area contributed by atoms with Crippen molar-refractivity contribution in [3.8, 4) is 16.9 Å². The number of hydrogen-bond donors (Lipinski definition) is 3. The standard InChI is InChI=1S/C28H25F3N2O7/c1-33(2)21-16-10-12-9-15-14(11-3-5-13(6-4-11)28(29,30)31)7-8-17(34)19(15)22(35)18(12)24(37)27(16,40)25(38)20(23(21)36)26(32)39/h3-8,12,16,18,20-21,34,40H,9-10H2,1-2H3,(H2,32,39). The minimum absolute atomic E-state index is 0.00338. The molecule has 2 fully saturated rings. The SMILES string of the molecule is CN(C)C1C(=O)C(C(N)=O)C(=O)C2(O)C(=O)C3C(=O)c4c(O)ccc(-c5ccc(C(F)(F)F)cc5)c4CC3CC12. The van der Waals surface area contributed by atoms with Crippen LogP contribution in [0.1, 0.15) is 27.9 Å². The number of aromatic hydroxyl groups is 1. The summed E-state index contributed by atoms with van der Waals surface area (Å²) in [5.41, 5.74) is 2.38. The third-order valence-electron chi connectivity index (χ3n) is 8.47. The zero-order chi connectivity index (χ0) is 29.5. The number of hydrogen-bond acceptors (Lipinski definition) is 8. The van der Waals surface area contributed by atoms with Crippen LogP contribution < -0.4 is 5.73 Å².